The maximum Gasteiger partial charge on any atom is 0.0403 e. The van der Waals surface area contributed by atoms with Gasteiger partial charge in [-0.1, -0.05) is 25.1 Å². The van der Waals surface area contributed by atoms with E-state index < -0.39 is 0 Å². The van der Waals surface area contributed by atoms with Crippen molar-refractivity contribution >= 4 is 5.69 Å². The average Bonchev–Trinajstić information content (AvgIpc) is 2.14. The zero-order valence-corrected chi connectivity index (χ0v) is 9.54. The predicted octanol–water partition coefficient (Wildman–Crippen LogP) is 3.41. The summed E-state index contributed by atoms with van der Waals surface area (Å²) >= 11 is 0. The third-order valence-corrected chi connectivity index (χ3v) is 3.54. The second-order valence-electron chi connectivity index (χ2n) is 5.04. The SMILES string of the molecule is C[C@@H]1CC(C)(C)N(C)c2ccccc21. The summed E-state index contributed by atoms with van der Waals surface area (Å²) in [4.78, 5) is 2.41. The Bertz CT molecular complexity index is 341. The van der Waals surface area contributed by atoms with E-state index in [2.05, 4.69) is 57.0 Å². The van der Waals surface area contributed by atoms with Gasteiger partial charge in [-0.05, 0) is 37.8 Å². The van der Waals surface area contributed by atoms with Gasteiger partial charge in [0.05, 0.1) is 0 Å². The molecule has 0 unspecified atom stereocenters. The maximum atomic E-state index is 2.41. The van der Waals surface area contributed by atoms with Gasteiger partial charge in [0.15, 0.2) is 0 Å². The van der Waals surface area contributed by atoms with Crippen molar-refractivity contribution in [2.24, 2.45) is 0 Å². The smallest absolute Gasteiger partial charge is 0.0403 e. The number of anilines is 1. The molecule has 0 saturated heterocycles. The summed E-state index contributed by atoms with van der Waals surface area (Å²) in [5, 5.41) is 0. The second kappa shape index (κ2) is 3.01. The summed E-state index contributed by atoms with van der Waals surface area (Å²) in [7, 11) is 2.20. The molecule has 0 fully saturated rings. The van der Waals surface area contributed by atoms with Crippen molar-refractivity contribution in [2.75, 3.05) is 11.9 Å². The van der Waals surface area contributed by atoms with Crippen LogP contribution in [0.4, 0.5) is 5.69 Å². The molecule has 76 valence electrons. The number of nitrogens with zero attached hydrogens (tertiary/aromatic N) is 1. The first kappa shape index (κ1) is 9.57. The van der Waals surface area contributed by atoms with Crippen LogP contribution in [0.2, 0.25) is 0 Å². The number of benzene rings is 1. The normalized spacial score (nSPS) is 24.6. The van der Waals surface area contributed by atoms with Gasteiger partial charge in [0.2, 0.25) is 0 Å². The Hall–Kier alpha value is -0.980. The van der Waals surface area contributed by atoms with Crippen molar-refractivity contribution in [3.05, 3.63) is 29.8 Å². The van der Waals surface area contributed by atoms with Crippen LogP contribution >= 0.6 is 0 Å². The van der Waals surface area contributed by atoms with E-state index in [0.717, 1.165) is 0 Å². The van der Waals surface area contributed by atoms with Crippen molar-refractivity contribution < 1.29 is 0 Å². The molecular weight excluding hydrogens is 170 g/mol. The van der Waals surface area contributed by atoms with E-state index in [1.807, 2.05) is 0 Å². The van der Waals surface area contributed by atoms with Crippen LogP contribution < -0.4 is 4.90 Å². The van der Waals surface area contributed by atoms with Gasteiger partial charge in [0, 0.05) is 18.3 Å². The third kappa shape index (κ3) is 1.31. The summed E-state index contributed by atoms with van der Waals surface area (Å²) in [6.45, 7) is 6.96. The first-order valence-electron chi connectivity index (χ1n) is 5.35. The molecular formula is C13H19N. The van der Waals surface area contributed by atoms with Gasteiger partial charge in [-0.15, -0.1) is 0 Å². The number of hydrogen-bond acceptors (Lipinski definition) is 1. The highest BCUT2D eigenvalue weighted by atomic mass is 15.2. The Labute approximate surface area is 86.7 Å². The van der Waals surface area contributed by atoms with Crippen molar-refractivity contribution in [3.8, 4) is 0 Å². The highest BCUT2D eigenvalue weighted by molar-refractivity contribution is 5.58. The monoisotopic (exact) mass is 189 g/mol. The molecule has 0 aromatic heterocycles. The second-order valence-corrected chi connectivity index (χ2v) is 5.04. The molecule has 1 heteroatoms. The highest BCUT2D eigenvalue weighted by Crippen LogP contribution is 2.41. The summed E-state index contributed by atoms with van der Waals surface area (Å²) in [6.07, 6.45) is 1.24. The van der Waals surface area contributed by atoms with E-state index in [1.165, 1.54) is 17.7 Å². The summed E-state index contributed by atoms with van der Waals surface area (Å²) < 4.78 is 0. The molecule has 1 aromatic rings. The van der Waals surface area contributed by atoms with E-state index in [9.17, 15) is 0 Å². The summed E-state index contributed by atoms with van der Waals surface area (Å²) in [5.74, 6) is 0.678. The molecule has 0 aliphatic carbocycles. The quantitative estimate of drug-likeness (QED) is 0.604. The molecule has 1 atom stereocenters. The number of fused-ring (bicyclic) bond motifs is 1. The van der Waals surface area contributed by atoms with E-state index in [1.54, 1.807) is 0 Å². The molecule has 0 bridgehead atoms. The van der Waals surface area contributed by atoms with E-state index >= 15 is 0 Å². The molecule has 0 radical (unpaired) electrons. The Morgan fingerprint density at radius 1 is 1.29 bits per heavy atom. The Balaban J connectivity index is 2.52. The molecule has 0 N–H and O–H groups in total. The lowest BCUT2D eigenvalue weighted by Gasteiger charge is -2.45. The van der Waals surface area contributed by atoms with Crippen LogP contribution in [0.15, 0.2) is 24.3 Å². The van der Waals surface area contributed by atoms with Crippen molar-refractivity contribution in [1.29, 1.82) is 0 Å². The molecule has 0 spiro atoms. The fourth-order valence-electron chi connectivity index (χ4n) is 2.53. The van der Waals surface area contributed by atoms with Gasteiger partial charge in [0.25, 0.3) is 0 Å². The van der Waals surface area contributed by atoms with Crippen molar-refractivity contribution in [2.45, 2.75) is 38.6 Å². The fourth-order valence-corrected chi connectivity index (χ4v) is 2.53. The molecule has 14 heavy (non-hydrogen) atoms. The lowest BCUT2D eigenvalue weighted by atomic mass is 9.80. The van der Waals surface area contributed by atoms with Gasteiger partial charge in [0.1, 0.15) is 0 Å². The zero-order chi connectivity index (χ0) is 10.3. The maximum absolute atomic E-state index is 2.41. The number of hydrogen-bond donors (Lipinski definition) is 0. The van der Waals surface area contributed by atoms with Crippen LogP contribution in [-0.2, 0) is 0 Å². The first-order chi connectivity index (χ1) is 6.52. The van der Waals surface area contributed by atoms with Crippen molar-refractivity contribution in [1.82, 2.24) is 0 Å². The van der Waals surface area contributed by atoms with Crippen LogP contribution in [0.5, 0.6) is 0 Å². The van der Waals surface area contributed by atoms with Crippen LogP contribution in [0.1, 0.15) is 38.7 Å². The lowest BCUT2D eigenvalue weighted by molar-refractivity contribution is 0.395. The average molecular weight is 189 g/mol. The van der Waals surface area contributed by atoms with Crippen LogP contribution in [0, 0.1) is 0 Å². The molecule has 0 saturated carbocycles. The molecule has 1 heterocycles. The molecule has 1 aliphatic heterocycles. The molecule has 1 aromatic carbocycles. The summed E-state index contributed by atoms with van der Waals surface area (Å²) in [6, 6.07) is 8.75. The van der Waals surface area contributed by atoms with Crippen LogP contribution in [0.3, 0.4) is 0 Å². The predicted molar refractivity (Wildman–Crippen MR) is 62.0 cm³/mol. The number of para-hydroxylation sites is 1. The topological polar surface area (TPSA) is 3.24 Å². The molecule has 1 aliphatic rings. The highest BCUT2D eigenvalue weighted by Gasteiger charge is 2.33. The Morgan fingerprint density at radius 3 is 2.64 bits per heavy atom. The largest absolute Gasteiger partial charge is 0.369 e. The van der Waals surface area contributed by atoms with E-state index in [4.69, 9.17) is 0 Å². The van der Waals surface area contributed by atoms with Gasteiger partial charge in [-0.3, -0.25) is 0 Å². The molecule has 1 nitrogen and oxygen atoms in total. The van der Waals surface area contributed by atoms with Gasteiger partial charge >= 0.3 is 0 Å². The summed E-state index contributed by atoms with van der Waals surface area (Å²) in [5.41, 5.74) is 3.18. The lowest BCUT2D eigenvalue weighted by Crippen LogP contribution is -2.45. The Morgan fingerprint density at radius 2 is 1.93 bits per heavy atom. The van der Waals surface area contributed by atoms with Crippen LogP contribution in [-0.4, -0.2) is 12.6 Å². The Kier molecular flexibility index (Phi) is 2.06. The zero-order valence-electron chi connectivity index (χ0n) is 9.54. The van der Waals surface area contributed by atoms with Gasteiger partial charge in [-0.25, -0.2) is 0 Å². The molecule has 2 rings (SSSR count). The first-order valence-corrected chi connectivity index (χ1v) is 5.35. The van der Waals surface area contributed by atoms with Crippen LogP contribution in [0.25, 0.3) is 0 Å². The molecule has 0 amide bonds. The number of rotatable bonds is 0. The third-order valence-electron chi connectivity index (χ3n) is 3.54. The van der Waals surface area contributed by atoms with E-state index in [0.29, 0.717) is 5.92 Å². The fraction of sp³-hybridized carbons (Fsp3) is 0.538. The minimum atomic E-state index is 0.285. The van der Waals surface area contributed by atoms with E-state index in [-0.39, 0.29) is 5.54 Å². The standard InChI is InChI=1S/C13H19N/c1-10-9-13(2,3)14(4)12-8-6-5-7-11(10)12/h5-8,10H,9H2,1-4H3/t10-/m1/s1. The minimum absolute atomic E-state index is 0.285. The van der Waals surface area contributed by atoms with Gasteiger partial charge < -0.3 is 4.90 Å². The minimum Gasteiger partial charge on any atom is -0.369 e. The van der Waals surface area contributed by atoms with Crippen molar-refractivity contribution in [3.63, 3.8) is 0 Å². The van der Waals surface area contributed by atoms with Gasteiger partial charge in [-0.2, -0.15) is 0 Å².